The van der Waals surface area contributed by atoms with Crippen molar-refractivity contribution >= 4 is 5.97 Å². The van der Waals surface area contributed by atoms with Crippen LogP contribution in [0.3, 0.4) is 0 Å². The summed E-state index contributed by atoms with van der Waals surface area (Å²) in [5.74, 6) is -1.23. The summed E-state index contributed by atoms with van der Waals surface area (Å²) < 4.78 is 1.30. The normalized spacial score (nSPS) is 24.6. The fourth-order valence-corrected chi connectivity index (χ4v) is 1.72. The lowest BCUT2D eigenvalue weighted by Gasteiger charge is -2.33. The number of aliphatic hydroxyl groups excluding tert-OH is 1. The molecule has 2 N–H and O–H groups in total. The Morgan fingerprint density at radius 1 is 1.47 bits per heavy atom. The number of carboxylic acid groups (broad SMARTS) is 1. The highest BCUT2D eigenvalue weighted by molar-refractivity contribution is 5.86. The molecule has 80 valence electrons. The highest BCUT2D eigenvalue weighted by Crippen LogP contribution is 2.30. The molecule has 5 nitrogen and oxygen atoms in total. The van der Waals surface area contributed by atoms with Crippen LogP contribution in [0.15, 0.2) is 23.1 Å². The van der Waals surface area contributed by atoms with E-state index < -0.39 is 17.6 Å². The van der Waals surface area contributed by atoms with Crippen molar-refractivity contribution < 1.29 is 15.0 Å². The zero-order valence-corrected chi connectivity index (χ0v) is 7.96. The van der Waals surface area contributed by atoms with Gasteiger partial charge in [0.1, 0.15) is 5.56 Å². The summed E-state index contributed by atoms with van der Waals surface area (Å²) >= 11 is 0. The largest absolute Gasteiger partial charge is 0.477 e. The minimum absolute atomic E-state index is 0.253. The summed E-state index contributed by atoms with van der Waals surface area (Å²) in [5.41, 5.74) is -0.801. The van der Waals surface area contributed by atoms with Crippen LogP contribution >= 0.6 is 0 Å². The van der Waals surface area contributed by atoms with Crippen LogP contribution in [0.5, 0.6) is 0 Å². The summed E-state index contributed by atoms with van der Waals surface area (Å²) in [4.78, 5) is 22.4. The first-order chi connectivity index (χ1) is 7.11. The molecule has 0 radical (unpaired) electrons. The number of carboxylic acids is 1. The summed E-state index contributed by atoms with van der Waals surface area (Å²) in [6, 6.07) is 2.51. The first-order valence-corrected chi connectivity index (χ1v) is 4.74. The lowest BCUT2D eigenvalue weighted by atomic mass is 9.89. The zero-order chi connectivity index (χ0) is 11.0. The van der Waals surface area contributed by atoms with Crippen LogP contribution in [-0.4, -0.2) is 26.9 Å². The number of nitrogens with zero attached hydrogens (tertiary/aromatic N) is 1. The van der Waals surface area contributed by atoms with Crippen LogP contribution in [-0.2, 0) is 0 Å². The minimum Gasteiger partial charge on any atom is -0.477 e. The maximum Gasteiger partial charge on any atom is 0.341 e. The predicted octanol–water partition coefficient (Wildman–Crippen LogP) is 0.242. The van der Waals surface area contributed by atoms with Crippen molar-refractivity contribution in [1.82, 2.24) is 4.57 Å². The Hall–Kier alpha value is -1.62. The second-order valence-electron chi connectivity index (χ2n) is 3.65. The third-order valence-corrected chi connectivity index (χ3v) is 2.76. The molecule has 1 aromatic heterocycles. The predicted molar refractivity (Wildman–Crippen MR) is 51.9 cm³/mol. The van der Waals surface area contributed by atoms with Crippen LogP contribution < -0.4 is 5.56 Å². The number of rotatable bonds is 2. The van der Waals surface area contributed by atoms with E-state index in [2.05, 4.69) is 0 Å². The van der Waals surface area contributed by atoms with Crippen LogP contribution in [0.4, 0.5) is 0 Å². The molecule has 0 aromatic carbocycles. The Morgan fingerprint density at radius 3 is 2.67 bits per heavy atom. The molecule has 1 heterocycles. The van der Waals surface area contributed by atoms with Gasteiger partial charge in [-0.05, 0) is 25.0 Å². The Kier molecular flexibility index (Phi) is 2.32. The van der Waals surface area contributed by atoms with Crippen molar-refractivity contribution in [2.75, 3.05) is 0 Å². The van der Waals surface area contributed by atoms with E-state index in [4.69, 9.17) is 5.11 Å². The van der Waals surface area contributed by atoms with Gasteiger partial charge in [-0.25, -0.2) is 4.79 Å². The van der Waals surface area contributed by atoms with E-state index in [1.807, 2.05) is 0 Å². The van der Waals surface area contributed by atoms with E-state index >= 15 is 0 Å². The van der Waals surface area contributed by atoms with E-state index in [0.29, 0.717) is 12.8 Å². The van der Waals surface area contributed by atoms with Crippen LogP contribution in [0.1, 0.15) is 29.2 Å². The molecular formula is C10H11NO4. The standard InChI is InChI=1S/C10H11NO4/c12-8-4-3-7(8)11-5-1-2-6(9(11)13)10(14)15/h1-2,5,7-8,12H,3-4H2,(H,14,15)/t7-,8-/m0/s1. The average Bonchev–Trinajstić information content (AvgIpc) is 2.18. The Balaban J connectivity index is 2.45. The molecule has 0 unspecified atom stereocenters. The van der Waals surface area contributed by atoms with Gasteiger partial charge in [-0.3, -0.25) is 4.79 Å². The topological polar surface area (TPSA) is 79.5 Å². The van der Waals surface area contributed by atoms with Crippen molar-refractivity contribution in [2.45, 2.75) is 25.0 Å². The van der Waals surface area contributed by atoms with Gasteiger partial charge in [0.25, 0.3) is 5.56 Å². The van der Waals surface area contributed by atoms with Gasteiger partial charge in [0.05, 0.1) is 12.1 Å². The van der Waals surface area contributed by atoms with Gasteiger partial charge >= 0.3 is 5.97 Å². The number of hydrogen-bond acceptors (Lipinski definition) is 3. The average molecular weight is 209 g/mol. The van der Waals surface area contributed by atoms with Crippen molar-refractivity contribution in [2.24, 2.45) is 0 Å². The molecule has 5 heteroatoms. The molecule has 0 aliphatic heterocycles. The van der Waals surface area contributed by atoms with Gasteiger partial charge in [0, 0.05) is 6.20 Å². The summed E-state index contributed by atoms with van der Waals surface area (Å²) in [7, 11) is 0. The molecule has 1 aromatic rings. The fraction of sp³-hybridized carbons (Fsp3) is 0.400. The lowest BCUT2D eigenvalue weighted by molar-refractivity contribution is 0.0294. The second kappa shape index (κ2) is 3.51. The number of aromatic nitrogens is 1. The van der Waals surface area contributed by atoms with E-state index in [1.165, 1.54) is 22.9 Å². The van der Waals surface area contributed by atoms with Crippen molar-refractivity contribution in [3.8, 4) is 0 Å². The number of aliphatic hydroxyl groups is 1. The monoisotopic (exact) mass is 209 g/mol. The molecule has 0 spiro atoms. The van der Waals surface area contributed by atoms with Crippen LogP contribution in [0.25, 0.3) is 0 Å². The molecule has 1 fully saturated rings. The molecule has 1 aliphatic rings. The van der Waals surface area contributed by atoms with Crippen molar-refractivity contribution in [3.63, 3.8) is 0 Å². The van der Waals surface area contributed by atoms with E-state index in [0.717, 1.165) is 0 Å². The number of carbonyl (C=O) groups is 1. The molecule has 1 saturated carbocycles. The van der Waals surface area contributed by atoms with E-state index in [9.17, 15) is 14.7 Å². The minimum atomic E-state index is -1.23. The highest BCUT2D eigenvalue weighted by atomic mass is 16.4. The smallest absolute Gasteiger partial charge is 0.341 e. The molecule has 15 heavy (non-hydrogen) atoms. The maximum atomic E-state index is 11.7. The third kappa shape index (κ3) is 1.55. The Labute approximate surface area is 85.6 Å². The summed E-state index contributed by atoms with van der Waals surface area (Å²) in [6.07, 6.45) is 2.35. The van der Waals surface area contributed by atoms with Gasteiger partial charge in [0.2, 0.25) is 0 Å². The summed E-state index contributed by atoms with van der Waals surface area (Å²) in [6.45, 7) is 0. The molecule has 1 aliphatic carbocycles. The maximum absolute atomic E-state index is 11.7. The molecule has 0 bridgehead atoms. The van der Waals surface area contributed by atoms with E-state index in [-0.39, 0.29) is 11.6 Å². The number of hydrogen-bond donors (Lipinski definition) is 2. The van der Waals surface area contributed by atoms with Gasteiger partial charge < -0.3 is 14.8 Å². The van der Waals surface area contributed by atoms with Gasteiger partial charge in [-0.2, -0.15) is 0 Å². The first-order valence-electron chi connectivity index (χ1n) is 4.74. The highest BCUT2D eigenvalue weighted by Gasteiger charge is 2.31. The van der Waals surface area contributed by atoms with Gasteiger partial charge in [-0.1, -0.05) is 0 Å². The second-order valence-corrected chi connectivity index (χ2v) is 3.65. The lowest BCUT2D eigenvalue weighted by Crippen LogP contribution is -2.40. The van der Waals surface area contributed by atoms with Crippen molar-refractivity contribution in [3.05, 3.63) is 34.2 Å². The molecule has 2 rings (SSSR count). The van der Waals surface area contributed by atoms with Gasteiger partial charge in [-0.15, -0.1) is 0 Å². The molecule has 0 amide bonds. The quantitative estimate of drug-likeness (QED) is 0.731. The first kappa shape index (κ1) is 9.92. The molecule has 2 atom stereocenters. The molecular weight excluding hydrogens is 198 g/mol. The third-order valence-electron chi connectivity index (χ3n) is 2.76. The zero-order valence-electron chi connectivity index (χ0n) is 7.96. The van der Waals surface area contributed by atoms with Gasteiger partial charge in [0.15, 0.2) is 0 Å². The van der Waals surface area contributed by atoms with Crippen LogP contribution in [0, 0.1) is 0 Å². The van der Waals surface area contributed by atoms with Crippen LogP contribution in [0.2, 0.25) is 0 Å². The Morgan fingerprint density at radius 2 is 2.20 bits per heavy atom. The van der Waals surface area contributed by atoms with Crippen molar-refractivity contribution in [1.29, 1.82) is 0 Å². The summed E-state index contributed by atoms with van der Waals surface area (Å²) in [5, 5.41) is 18.2. The van der Waals surface area contributed by atoms with E-state index in [1.54, 1.807) is 0 Å². The SMILES string of the molecule is O=C(O)c1cccn([C@H]2CC[C@@H]2O)c1=O. The number of aromatic carboxylic acids is 1. The Bertz CT molecular complexity index is 451. The fourth-order valence-electron chi connectivity index (χ4n) is 1.72. The molecule has 0 saturated heterocycles. The number of pyridine rings is 1.